The van der Waals surface area contributed by atoms with Crippen LogP contribution in [0.1, 0.15) is 27.8 Å². The standard InChI is InChI=1S/C17H23NS/c1-4-16-9-10-17(19-16)12-15(18-3)11-14-8-6-5-7-13(14)2/h5-10,15,18H,4,11-12H2,1-3H3. The minimum atomic E-state index is 0.518. The number of rotatable bonds is 6. The van der Waals surface area contributed by atoms with E-state index in [1.54, 1.807) is 0 Å². The normalized spacial score (nSPS) is 12.6. The van der Waals surface area contributed by atoms with Crippen LogP contribution in [0.5, 0.6) is 0 Å². The van der Waals surface area contributed by atoms with Gasteiger partial charge in [-0.1, -0.05) is 31.2 Å². The predicted octanol–water partition coefficient (Wildman–Crippen LogP) is 3.99. The van der Waals surface area contributed by atoms with Crippen LogP contribution in [-0.2, 0) is 19.3 Å². The molecule has 1 heterocycles. The Balaban J connectivity index is 2.02. The summed E-state index contributed by atoms with van der Waals surface area (Å²) in [4.78, 5) is 2.98. The SMILES string of the molecule is CCc1ccc(CC(Cc2ccccc2C)NC)s1. The van der Waals surface area contributed by atoms with Crippen LogP contribution in [0.4, 0.5) is 0 Å². The number of hydrogen-bond donors (Lipinski definition) is 1. The predicted molar refractivity (Wildman–Crippen MR) is 85.1 cm³/mol. The first-order valence-corrected chi connectivity index (χ1v) is 7.84. The van der Waals surface area contributed by atoms with Crippen molar-refractivity contribution in [3.05, 3.63) is 57.3 Å². The first-order chi connectivity index (χ1) is 9.22. The molecule has 0 spiro atoms. The van der Waals surface area contributed by atoms with Gasteiger partial charge in [-0.15, -0.1) is 11.3 Å². The second kappa shape index (κ2) is 6.88. The number of benzene rings is 1. The molecular formula is C17H23NS. The molecule has 102 valence electrons. The second-order valence-electron chi connectivity index (χ2n) is 5.04. The quantitative estimate of drug-likeness (QED) is 0.839. The number of thiophene rings is 1. The topological polar surface area (TPSA) is 12.0 Å². The lowest BCUT2D eigenvalue weighted by Gasteiger charge is -2.16. The smallest absolute Gasteiger partial charge is 0.0153 e. The van der Waals surface area contributed by atoms with E-state index in [1.165, 1.54) is 20.9 Å². The van der Waals surface area contributed by atoms with Crippen molar-refractivity contribution in [2.45, 2.75) is 39.2 Å². The molecule has 19 heavy (non-hydrogen) atoms. The fourth-order valence-corrected chi connectivity index (χ4v) is 3.38. The number of aryl methyl sites for hydroxylation is 2. The summed E-state index contributed by atoms with van der Waals surface area (Å²) in [5.41, 5.74) is 2.84. The fourth-order valence-electron chi connectivity index (χ4n) is 2.35. The maximum absolute atomic E-state index is 3.46. The molecule has 2 heteroatoms. The molecule has 1 aromatic heterocycles. The van der Waals surface area contributed by atoms with Crippen molar-refractivity contribution in [2.24, 2.45) is 0 Å². The number of likely N-dealkylation sites (N-methyl/N-ethyl adjacent to an activating group) is 1. The van der Waals surface area contributed by atoms with E-state index >= 15 is 0 Å². The molecule has 1 N–H and O–H groups in total. The van der Waals surface area contributed by atoms with Gasteiger partial charge in [-0.05, 0) is 56.5 Å². The lowest BCUT2D eigenvalue weighted by molar-refractivity contribution is 0.559. The highest BCUT2D eigenvalue weighted by Gasteiger charge is 2.11. The summed E-state index contributed by atoms with van der Waals surface area (Å²) in [7, 11) is 2.07. The summed E-state index contributed by atoms with van der Waals surface area (Å²) in [5, 5.41) is 3.46. The Hall–Kier alpha value is -1.12. The lowest BCUT2D eigenvalue weighted by Crippen LogP contribution is -2.29. The van der Waals surface area contributed by atoms with Crippen LogP contribution in [0.2, 0.25) is 0 Å². The third-order valence-electron chi connectivity index (χ3n) is 3.65. The van der Waals surface area contributed by atoms with Gasteiger partial charge in [-0.2, -0.15) is 0 Å². The van der Waals surface area contributed by atoms with Crippen molar-refractivity contribution in [1.82, 2.24) is 5.32 Å². The van der Waals surface area contributed by atoms with Gasteiger partial charge in [-0.3, -0.25) is 0 Å². The van der Waals surface area contributed by atoms with Gasteiger partial charge in [0, 0.05) is 15.8 Å². The van der Waals surface area contributed by atoms with E-state index < -0.39 is 0 Å². The summed E-state index contributed by atoms with van der Waals surface area (Å²) in [6.07, 6.45) is 3.37. The average Bonchev–Trinajstić information content (AvgIpc) is 2.88. The monoisotopic (exact) mass is 273 g/mol. The van der Waals surface area contributed by atoms with Crippen molar-refractivity contribution < 1.29 is 0 Å². The van der Waals surface area contributed by atoms with E-state index in [0.29, 0.717) is 6.04 Å². The fraction of sp³-hybridized carbons (Fsp3) is 0.412. The van der Waals surface area contributed by atoms with E-state index in [-0.39, 0.29) is 0 Å². The summed E-state index contributed by atoms with van der Waals surface area (Å²) >= 11 is 1.95. The van der Waals surface area contributed by atoms with Gasteiger partial charge in [0.15, 0.2) is 0 Å². The minimum Gasteiger partial charge on any atom is -0.316 e. The molecule has 1 atom stereocenters. The molecule has 1 unspecified atom stereocenters. The Bertz CT molecular complexity index is 515. The van der Waals surface area contributed by atoms with Gasteiger partial charge in [0.1, 0.15) is 0 Å². The molecule has 1 nitrogen and oxygen atoms in total. The van der Waals surface area contributed by atoms with E-state index in [9.17, 15) is 0 Å². The molecule has 0 saturated heterocycles. The Kier molecular flexibility index (Phi) is 5.17. The molecule has 1 aromatic carbocycles. The van der Waals surface area contributed by atoms with Crippen LogP contribution in [0.15, 0.2) is 36.4 Å². The summed E-state index contributed by atoms with van der Waals surface area (Å²) < 4.78 is 0. The van der Waals surface area contributed by atoms with Crippen molar-refractivity contribution in [3.8, 4) is 0 Å². The highest BCUT2D eigenvalue weighted by Crippen LogP contribution is 2.20. The molecule has 0 aliphatic heterocycles. The minimum absolute atomic E-state index is 0.518. The van der Waals surface area contributed by atoms with Crippen molar-refractivity contribution in [1.29, 1.82) is 0 Å². The molecule has 0 amide bonds. The molecule has 0 saturated carbocycles. The zero-order valence-corrected chi connectivity index (χ0v) is 12.9. The summed E-state index contributed by atoms with van der Waals surface area (Å²) in [5.74, 6) is 0. The molecule has 0 radical (unpaired) electrons. The van der Waals surface area contributed by atoms with Crippen LogP contribution < -0.4 is 5.32 Å². The zero-order chi connectivity index (χ0) is 13.7. The van der Waals surface area contributed by atoms with Gasteiger partial charge >= 0.3 is 0 Å². The van der Waals surface area contributed by atoms with Gasteiger partial charge in [0.05, 0.1) is 0 Å². The molecular weight excluding hydrogens is 250 g/mol. The molecule has 0 aliphatic rings. The molecule has 2 rings (SSSR count). The average molecular weight is 273 g/mol. The van der Waals surface area contributed by atoms with Gasteiger partial charge in [0.25, 0.3) is 0 Å². The lowest BCUT2D eigenvalue weighted by atomic mass is 9.99. The summed E-state index contributed by atoms with van der Waals surface area (Å²) in [6, 6.07) is 13.7. The first kappa shape index (κ1) is 14.3. The van der Waals surface area contributed by atoms with Crippen LogP contribution in [0.3, 0.4) is 0 Å². The number of nitrogens with one attached hydrogen (secondary N) is 1. The third kappa shape index (κ3) is 3.92. The maximum Gasteiger partial charge on any atom is 0.0153 e. The zero-order valence-electron chi connectivity index (χ0n) is 12.1. The van der Waals surface area contributed by atoms with Crippen LogP contribution in [0.25, 0.3) is 0 Å². The third-order valence-corrected chi connectivity index (χ3v) is 4.90. The van der Waals surface area contributed by atoms with Crippen molar-refractivity contribution in [3.63, 3.8) is 0 Å². The Morgan fingerprint density at radius 1 is 1.05 bits per heavy atom. The Morgan fingerprint density at radius 3 is 2.42 bits per heavy atom. The van der Waals surface area contributed by atoms with Gasteiger partial charge in [0.2, 0.25) is 0 Å². The number of hydrogen-bond acceptors (Lipinski definition) is 2. The Morgan fingerprint density at radius 2 is 1.79 bits per heavy atom. The van der Waals surface area contributed by atoms with Gasteiger partial charge < -0.3 is 5.32 Å². The highest BCUT2D eigenvalue weighted by molar-refractivity contribution is 7.11. The van der Waals surface area contributed by atoms with E-state index in [4.69, 9.17) is 0 Å². The Labute approximate surface area is 120 Å². The first-order valence-electron chi connectivity index (χ1n) is 7.02. The van der Waals surface area contributed by atoms with Gasteiger partial charge in [-0.25, -0.2) is 0 Å². The molecule has 0 bridgehead atoms. The van der Waals surface area contributed by atoms with E-state index in [2.05, 4.69) is 62.6 Å². The molecule has 0 fully saturated rings. The molecule has 0 aliphatic carbocycles. The van der Waals surface area contributed by atoms with Crippen LogP contribution in [0, 0.1) is 6.92 Å². The van der Waals surface area contributed by atoms with Crippen LogP contribution in [-0.4, -0.2) is 13.1 Å². The van der Waals surface area contributed by atoms with Crippen molar-refractivity contribution in [2.75, 3.05) is 7.05 Å². The van der Waals surface area contributed by atoms with E-state index in [1.807, 2.05) is 11.3 Å². The second-order valence-corrected chi connectivity index (χ2v) is 6.29. The van der Waals surface area contributed by atoms with Crippen LogP contribution >= 0.6 is 11.3 Å². The largest absolute Gasteiger partial charge is 0.316 e. The highest BCUT2D eigenvalue weighted by atomic mass is 32.1. The molecule has 2 aromatic rings. The maximum atomic E-state index is 3.46. The van der Waals surface area contributed by atoms with Crippen molar-refractivity contribution >= 4 is 11.3 Å². The summed E-state index contributed by atoms with van der Waals surface area (Å²) in [6.45, 7) is 4.42. The van der Waals surface area contributed by atoms with E-state index in [0.717, 1.165) is 19.3 Å².